The van der Waals surface area contributed by atoms with Crippen LogP contribution in [0.1, 0.15) is 37.7 Å². The number of hydrogen-bond acceptors (Lipinski definition) is 6. The van der Waals surface area contributed by atoms with Gasteiger partial charge in [0, 0.05) is 49.2 Å². The van der Waals surface area contributed by atoms with Crippen molar-refractivity contribution in [2.45, 2.75) is 50.2 Å². The summed E-state index contributed by atoms with van der Waals surface area (Å²) in [5.74, 6) is 0.444. The van der Waals surface area contributed by atoms with Crippen LogP contribution in [0.4, 0.5) is 0 Å². The Hall–Kier alpha value is -1.25. The number of primary amides is 1. The summed E-state index contributed by atoms with van der Waals surface area (Å²) >= 11 is 8.14. The number of carbonyl (C=O) groups excluding carboxylic acids is 1. The number of nitrogens with two attached hydrogens (primary N) is 1. The number of nitrogens with zero attached hydrogens (tertiary/aromatic N) is 4. The van der Waals surface area contributed by atoms with Gasteiger partial charge in [-0.05, 0) is 69.3 Å². The Morgan fingerprint density at radius 1 is 1.00 bits per heavy atom. The monoisotopic (exact) mass is 489 g/mol. The molecule has 6 nitrogen and oxygen atoms in total. The molecule has 1 aromatic rings. The maximum atomic E-state index is 12.0. The first-order valence-corrected chi connectivity index (χ1v) is 13.8. The minimum atomic E-state index is -0.286. The van der Waals surface area contributed by atoms with Gasteiger partial charge in [0.1, 0.15) is 11.2 Å². The quantitative estimate of drug-likeness (QED) is 0.633. The van der Waals surface area contributed by atoms with Crippen molar-refractivity contribution in [3.8, 4) is 0 Å². The van der Waals surface area contributed by atoms with Gasteiger partial charge in [0.25, 0.3) is 5.91 Å². The molecule has 3 aliphatic heterocycles. The topological polar surface area (TPSA) is 56.1 Å². The van der Waals surface area contributed by atoms with Crippen LogP contribution in [-0.2, 0) is 11.3 Å². The van der Waals surface area contributed by atoms with Gasteiger partial charge >= 0.3 is 0 Å². The van der Waals surface area contributed by atoms with Crippen molar-refractivity contribution >= 4 is 29.3 Å². The third kappa shape index (κ3) is 5.70. The van der Waals surface area contributed by atoms with Crippen molar-refractivity contribution in [3.05, 3.63) is 46.0 Å². The Kier molecular flexibility index (Phi) is 7.52. The number of thioether (sulfide) groups is 1. The fourth-order valence-electron chi connectivity index (χ4n) is 5.49. The number of piperidine rings is 1. The normalized spacial score (nSPS) is 26.4. The second-order valence-electron chi connectivity index (χ2n) is 9.95. The second-order valence-corrected chi connectivity index (χ2v) is 11.3. The summed E-state index contributed by atoms with van der Waals surface area (Å²) < 4.78 is 0. The highest BCUT2D eigenvalue weighted by molar-refractivity contribution is 8.02. The maximum Gasteiger partial charge on any atom is 0.265 e. The summed E-state index contributed by atoms with van der Waals surface area (Å²) in [5.41, 5.74) is 7.87. The van der Waals surface area contributed by atoms with Gasteiger partial charge in [-0.3, -0.25) is 19.5 Å². The van der Waals surface area contributed by atoms with Crippen LogP contribution < -0.4 is 5.73 Å². The first kappa shape index (κ1) is 23.5. The van der Waals surface area contributed by atoms with E-state index in [0.29, 0.717) is 11.7 Å². The zero-order chi connectivity index (χ0) is 22.8. The first-order valence-electron chi connectivity index (χ1n) is 12.4. The van der Waals surface area contributed by atoms with Crippen molar-refractivity contribution in [2.75, 3.05) is 45.8 Å². The predicted molar refractivity (Wildman–Crippen MR) is 136 cm³/mol. The van der Waals surface area contributed by atoms with E-state index in [1.807, 2.05) is 17.5 Å². The van der Waals surface area contributed by atoms with Crippen LogP contribution in [0.3, 0.4) is 0 Å². The van der Waals surface area contributed by atoms with Crippen molar-refractivity contribution in [3.63, 3.8) is 0 Å². The van der Waals surface area contributed by atoms with E-state index in [1.54, 1.807) is 11.8 Å². The SMILES string of the molecule is NC(=O)C1=CSC(N2CCCN(C3CCN(Cc4ccccc4Cl)CC3)CC2)N1CC1CC1. The van der Waals surface area contributed by atoms with Crippen LogP contribution in [0, 0.1) is 5.92 Å². The minimum Gasteiger partial charge on any atom is -0.364 e. The molecule has 3 heterocycles. The molecule has 8 heteroatoms. The molecule has 33 heavy (non-hydrogen) atoms. The zero-order valence-electron chi connectivity index (χ0n) is 19.4. The number of likely N-dealkylation sites (tertiary alicyclic amines) is 1. The summed E-state index contributed by atoms with van der Waals surface area (Å²) in [6.07, 6.45) is 6.19. The number of benzene rings is 1. The van der Waals surface area contributed by atoms with E-state index in [1.165, 1.54) is 44.2 Å². The van der Waals surface area contributed by atoms with E-state index in [-0.39, 0.29) is 11.4 Å². The summed E-state index contributed by atoms with van der Waals surface area (Å²) in [6.45, 7) is 8.60. The zero-order valence-corrected chi connectivity index (χ0v) is 20.9. The lowest BCUT2D eigenvalue weighted by Gasteiger charge is -2.39. The van der Waals surface area contributed by atoms with Crippen molar-refractivity contribution < 1.29 is 4.79 Å². The molecule has 1 unspecified atom stereocenters. The molecule has 2 N–H and O–H groups in total. The highest BCUT2D eigenvalue weighted by Gasteiger charge is 2.38. The van der Waals surface area contributed by atoms with Crippen molar-refractivity contribution in [1.82, 2.24) is 19.6 Å². The Labute approximate surface area is 207 Å². The number of carbonyl (C=O) groups is 1. The van der Waals surface area contributed by atoms with Gasteiger partial charge in [-0.25, -0.2) is 0 Å². The molecule has 0 spiro atoms. The third-order valence-corrected chi connectivity index (χ3v) is 9.11. The fourth-order valence-corrected chi connectivity index (χ4v) is 6.92. The number of amides is 1. The van der Waals surface area contributed by atoms with E-state index in [2.05, 4.69) is 31.7 Å². The largest absolute Gasteiger partial charge is 0.364 e. The van der Waals surface area contributed by atoms with Crippen LogP contribution in [0.2, 0.25) is 5.02 Å². The molecule has 180 valence electrons. The molecule has 4 aliphatic rings. The highest BCUT2D eigenvalue weighted by atomic mass is 35.5. The Morgan fingerprint density at radius 3 is 2.45 bits per heavy atom. The lowest BCUT2D eigenvalue weighted by Crippen LogP contribution is -2.48. The molecule has 1 aliphatic carbocycles. The summed E-state index contributed by atoms with van der Waals surface area (Å²) in [7, 11) is 0. The Morgan fingerprint density at radius 2 is 1.73 bits per heavy atom. The molecule has 0 radical (unpaired) electrons. The molecule has 1 aromatic carbocycles. The van der Waals surface area contributed by atoms with E-state index in [0.717, 1.165) is 56.8 Å². The van der Waals surface area contributed by atoms with Gasteiger partial charge in [0.2, 0.25) is 0 Å². The maximum absolute atomic E-state index is 12.0. The summed E-state index contributed by atoms with van der Waals surface area (Å²) in [6, 6.07) is 8.88. The molecule has 3 fully saturated rings. The van der Waals surface area contributed by atoms with Crippen molar-refractivity contribution in [1.29, 1.82) is 0 Å². The number of rotatable bonds is 7. The van der Waals surface area contributed by atoms with Crippen LogP contribution in [0.15, 0.2) is 35.4 Å². The summed E-state index contributed by atoms with van der Waals surface area (Å²) in [4.78, 5) is 22.1. The number of hydrogen-bond donors (Lipinski definition) is 1. The van der Waals surface area contributed by atoms with Gasteiger partial charge in [-0.1, -0.05) is 41.6 Å². The first-order chi connectivity index (χ1) is 16.1. The van der Waals surface area contributed by atoms with Crippen LogP contribution in [0.5, 0.6) is 0 Å². The lowest BCUT2D eigenvalue weighted by molar-refractivity contribution is -0.116. The standard InChI is InChI=1S/C25H36ClN5OS/c26-22-5-2-1-4-20(22)17-28-12-8-21(9-13-28)29-10-3-11-30(15-14-29)25-31(16-19-6-7-19)23(18-33-25)24(27)32/h1-2,4-5,18-19,21,25H,3,6-17H2,(H2,27,32). The van der Waals surface area contributed by atoms with Gasteiger partial charge in [0.15, 0.2) is 0 Å². The van der Waals surface area contributed by atoms with Crippen molar-refractivity contribution in [2.24, 2.45) is 11.7 Å². The highest BCUT2D eigenvalue weighted by Crippen LogP contribution is 2.39. The predicted octanol–water partition coefficient (Wildman–Crippen LogP) is 3.38. The van der Waals surface area contributed by atoms with Gasteiger partial charge in [0.05, 0.1) is 0 Å². The molecule has 1 amide bonds. The smallest absolute Gasteiger partial charge is 0.265 e. The Balaban J connectivity index is 1.13. The molecule has 1 saturated carbocycles. The van der Waals surface area contributed by atoms with E-state index in [4.69, 9.17) is 17.3 Å². The van der Waals surface area contributed by atoms with Crippen LogP contribution in [0.25, 0.3) is 0 Å². The number of halogens is 1. The molecular formula is C25H36ClN5OS. The van der Waals surface area contributed by atoms with E-state index in [9.17, 15) is 4.79 Å². The molecule has 5 rings (SSSR count). The van der Waals surface area contributed by atoms with E-state index >= 15 is 0 Å². The van der Waals surface area contributed by atoms with Crippen LogP contribution >= 0.6 is 23.4 Å². The molecular weight excluding hydrogens is 454 g/mol. The summed E-state index contributed by atoms with van der Waals surface area (Å²) in [5, 5.41) is 2.87. The van der Waals surface area contributed by atoms with Gasteiger partial charge in [-0.2, -0.15) is 0 Å². The minimum absolute atomic E-state index is 0.227. The third-order valence-electron chi connectivity index (χ3n) is 7.58. The average molecular weight is 490 g/mol. The van der Waals surface area contributed by atoms with Crippen LogP contribution in [-0.4, -0.2) is 82.9 Å². The fraction of sp³-hybridized carbons (Fsp3) is 0.640. The van der Waals surface area contributed by atoms with E-state index < -0.39 is 0 Å². The molecule has 2 saturated heterocycles. The molecule has 0 aromatic heterocycles. The lowest BCUT2D eigenvalue weighted by atomic mass is 10.0. The molecule has 1 atom stereocenters. The molecule has 0 bridgehead atoms. The van der Waals surface area contributed by atoms with Gasteiger partial charge < -0.3 is 10.6 Å². The Bertz CT molecular complexity index is 870. The van der Waals surface area contributed by atoms with Gasteiger partial charge in [-0.15, -0.1) is 0 Å². The second kappa shape index (κ2) is 10.6. The average Bonchev–Trinajstić information content (AvgIpc) is 3.58.